The number of hydrogen-bond acceptors (Lipinski definition) is 6. The topological polar surface area (TPSA) is 66.4 Å². The number of ether oxygens (including phenoxy) is 5. The van der Waals surface area contributed by atoms with Crippen LogP contribution in [-0.4, -0.2) is 76.8 Å². The third-order valence-corrected chi connectivity index (χ3v) is 2.80. The van der Waals surface area contributed by atoms with E-state index in [1.165, 1.54) is 0 Å². The van der Waals surface area contributed by atoms with Gasteiger partial charge in [-0.3, -0.25) is 0 Å². The van der Waals surface area contributed by atoms with Gasteiger partial charge in [-0.05, 0) is 19.8 Å². The molecule has 6 nitrogen and oxygen atoms in total. The fourth-order valence-electron chi connectivity index (χ4n) is 1.80. The molecule has 0 aliphatic carbocycles. The van der Waals surface area contributed by atoms with Crippen molar-refractivity contribution in [1.29, 1.82) is 0 Å². The van der Waals surface area contributed by atoms with Gasteiger partial charge < -0.3 is 28.8 Å². The fourth-order valence-corrected chi connectivity index (χ4v) is 1.80. The molecule has 1 fully saturated rings. The molecular weight excluding hydrogens is 264 g/mol. The first-order valence-corrected chi connectivity index (χ1v) is 7.39. The average Bonchev–Trinajstić information content (AvgIpc) is 2.93. The van der Waals surface area contributed by atoms with Crippen LogP contribution in [0.1, 0.15) is 19.8 Å². The molecule has 0 aromatic rings. The number of aliphatic hydroxyl groups is 1. The molecule has 0 aromatic heterocycles. The Morgan fingerprint density at radius 2 is 1.60 bits per heavy atom. The lowest BCUT2D eigenvalue weighted by molar-refractivity contribution is -0.0262. The lowest BCUT2D eigenvalue weighted by Gasteiger charge is -2.10. The van der Waals surface area contributed by atoms with Gasteiger partial charge in [0.15, 0.2) is 0 Å². The van der Waals surface area contributed by atoms with E-state index < -0.39 is 6.10 Å². The first-order valence-electron chi connectivity index (χ1n) is 7.39. The van der Waals surface area contributed by atoms with Gasteiger partial charge in [0.05, 0.1) is 65.1 Å². The Kier molecular flexibility index (Phi) is 11.1. The lowest BCUT2D eigenvalue weighted by atomic mass is 10.2. The molecule has 120 valence electrons. The summed E-state index contributed by atoms with van der Waals surface area (Å²) < 4.78 is 26.7. The maximum absolute atomic E-state index is 8.96. The number of rotatable bonds is 13. The fraction of sp³-hybridized carbons (Fsp3) is 1.00. The molecule has 20 heavy (non-hydrogen) atoms. The first-order chi connectivity index (χ1) is 9.79. The van der Waals surface area contributed by atoms with Crippen LogP contribution in [0.3, 0.4) is 0 Å². The van der Waals surface area contributed by atoms with Crippen LogP contribution in [-0.2, 0) is 23.7 Å². The van der Waals surface area contributed by atoms with Crippen LogP contribution in [0.15, 0.2) is 0 Å². The molecular formula is C14H28O6. The van der Waals surface area contributed by atoms with Crippen molar-refractivity contribution >= 4 is 0 Å². The smallest absolute Gasteiger partial charge is 0.0809 e. The summed E-state index contributed by atoms with van der Waals surface area (Å²) in [6.07, 6.45) is 2.10. The summed E-state index contributed by atoms with van der Waals surface area (Å²) >= 11 is 0. The van der Waals surface area contributed by atoms with Gasteiger partial charge in [-0.15, -0.1) is 0 Å². The van der Waals surface area contributed by atoms with E-state index in [0.29, 0.717) is 52.9 Å². The van der Waals surface area contributed by atoms with Crippen molar-refractivity contribution in [1.82, 2.24) is 0 Å². The molecule has 1 aliphatic heterocycles. The van der Waals surface area contributed by atoms with Gasteiger partial charge in [-0.25, -0.2) is 0 Å². The highest BCUT2D eigenvalue weighted by Gasteiger charge is 2.14. The predicted octanol–water partition coefficient (Wildman–Crippen LogP) is 0.613. The van der Waals surface area contributed by atoms with Gasteiger partial charge in [0, 0.05) is 6.61 Å². The van der Waals surface area contributed by atoms with Crippen molar-refractivity contribution in [2.45, 2.75) is 32.0 Å². The van der Waals surface area contributed by atoms with Gasteiger partial charge >= 0.3 is 0 Å². The molecule has 0 spiro atoms. The van der Waals surface area contributed by atoms with Crippen LogP contribution < -0.4 is 0 Å². The van der Waals surface area contributed by atoms with Crippen molar-refractivity contribution in [3.8, 4) is 0 Å². The van der Waals surface area contributed by atoms with E-state index in [1.54, 1.807) is 6.92 Å². The highest BCUT2D eigenvalue weighted by atomic mass is 16.6. The molecule has 0 amide bonds. The Hall–Kier alpha value is -0.240. The molecule has 2 atom stereocenters. The standard InChI is InChI=1S/C14H28O6/c1-13(15)11-18-9-7-16-5-6-17-8-10-19-12-14-3-2-4-20-14/h13-15H,2-12H2,1H3. The zero-order valence-corrected chi connectivity index (χ0v) is 12.4. The predicted molar refractivity (Wildman–Crippen MR) is 73.9 cm³/mol. The van der Waals surface area contributed by atoms with Crippen LogP contribution in [0.4, 0.5) is 0 Å². The molecule has 0 aromatic carbocycles. The zero-order chi connectivity index (χ0) is 14.5. The van der Waals surface area contributed by atoms with Gasteiger partial charge in [0.1, 0.15) is 0 Å². The molecule has 0 saturated carbocycles. The minimum atomic E-state index is -0.423. The molecule has 1 aliphatic rings. The maximum atomic E-state index is 8.96. The Morgan fingerprint density at radius 1 is 1.00 bits per heavy atom. The molecule has 0 radical (unpaired) electrons. The minimum absolute atomic E-state index is 0.278. The number of aliphatic hydroxyl groups excluding tert-OH is 1. The Labute approximate surface area is 121 Å². The maximum Gasteiger partial charge on any atom is 0.0809 e. The quantitative estimate of drug-likeness (QED) is 0.502. The zero-order valence-electron chi connectivity index (χ0n) is 12.4. The van der Waals surface area contributed by atoms with Crippen molar-refractivity contribution in [3.63, 3.8) is 0 Å². The molecule has 1 N–H and O–H groups in total. The van der Waals surface area contributed by atoms with Crippen molar-refractivity contribution < 1.29 is 28.8 Å². The monoisotopic (exact) mass is 292 g/mol. The molecule has 2 unspecified atom stereocenters. The Bertz CT molecular complexity index is 206. The third kappa shape index (κ3) is 10.5. The Morgan fingerprint density at radius 3 is 2.15 bits per heavy atom. The number of hydrogen-bond donors (Lipinski definition) is 1. The van der Waals surface area contributed by atoms with E-state index in [4.69, 9.17) is 28.8 Å². The van der Waals surface area contributed by atoms with Crippen molar-refractivity contribution in [2.24, 2.45) is 0 Å². The summed E-state index contributed by atoms with van der Waals surface area (Å²) in [6, 6.07) is 0. The molecule has 6 heteroatoms. The molecule has 1 saturated heterocycles. The third-order valence-electron chi connectivity index (χ3n) is 2.80. The van der Waals surface area contributed by atoms with Crippen LogP contribution in [0, 0.1) is 0 Å². The Balaban J connectivity index is 1.68. The second kappa shape index (κ2) is 12.5. The summed E-state index contributed by atoms with van der Waals surface area (Å²) in [6.45, 7) is 6.86. The van der Waals surface area contributed by atoms with Crippen LogP contribution in [0.25, 0.3) is 0 Å². The molecule has 0 bridgehead atoms. The summed E-state index contributed by atoms with van der Waals surface area (Å²) in [5.74, 6) is 0. The van der Waals surface area contributed by atoms with E-state index in [2.05, 4.69) is 0 Å². The summed E-state index contributed by atoms with van der Waals surface area (Å²) in [4.78, 5) is 0. The van der Waals surface area contributed by atoms with E-state index in [9.17, 15) is 0 Å². The SMILES string of the molecule is CC(O)COCCOCCOCCOCC1CCCO1. The van der Waals surface area contributed by atoms with Crippen molar-refractivity contribution in [2.75, 3.05) is 59.5 Å². The molecule has 1 heterocycles. The summed E-state index contributed by atoms with van der Waals surface area (Å²) in [5, 5.41) is 8.96. The lowest BCUT2D eigenvalue weighted by Crippen LogP contribution is -2.17. The van der Waals surface area contributed by atoms with Crippen LogP contribution in [0.2, 0.25) is 0 Å². The average molecular weight is 292 g/mol. The largest absolute Gasteiger partial charge is 0.391 e. The van der Waals surface area contributed by atoms with Gasteiger partial charge in [-0.1, -0.05) is 0 Å². The second-order valence-corrected chi connectivity index (χ2v) is 4.86. The van der Waals surface area contributed by atoms with E-state index >= 15 is 0 Å². The summed E-state index contributed by atoms with van der Waals surface area (Å²) in [7, 11) is 0. The normalized spacial score (nSPS) is 20.4. The highest BCUT2D eigenvalue weighted by molar-refractivity contribution is 4.63. The molecule has 1 rings (SSSR count). The van der Waals surface area contributed by atoms with Gasteiger partial charge in [-0.2, -0.15) is 0 Å². The van der Waals surface area contributed by atoms with Crippen LogP contribution >= 0.6 is 0 Å². The van der Waals surface area contributed by atoms with Crippen molar-refractivity contribution in [3.05, 3.63) is 0 Å². The highest BCUT2D eigenvalue weighted by Crippen LogP contribution is 2.11. The van der Waals surface area contributed by atoms with Gasteiger partial charge in [0.25, 0.3) is 0 Å². The summed E-state index contributed by atoms with van der Waals surface area (Å²) in [5.41, 5.74) is 0. The van der Waals surface area contributed by atoms with E-state index in [0.717, 1.165) is 19.4 Å². The van der Waals surface area contributed by atoms with Gasteiger partial charge in [0.2, 0.25) is 0 Å². The second-order valence-electron chi connectivity index (χ2n) is 4.86. The van der Waals surface area contributed by atoms with E-state index in [-0.39, 0.29) is 6.10 Å². The minimum Gasteiger partial charge on any atom is -0.391 e. The van der Waals surface area contributed by atoms with Crippen LogP contribution in [0.5, 0.6) is 0 Å². The first kappa shape index (κ1) is 17.8. The van der Waals surface area contributed by atoms with E-state index in [1.807, 2.05) is 0 Å².